The molecule has 0 radical (unpaired) electrons. The third-order valence-corrected chi connectivity index (χ3v) is 4.96. The van der Waals surface area contributed by atoms with Gasteiger partial charge in [0.15, 0.2) is 16.5 Å². The summed E-state index contributed by atoms with van der Waals surface area (Å²) in [4.78, 5) is 20.8. The highest BCUT2D eigenvalue weighted by molar-refractivity contribution is 6.36. The van der Waals surface area contributed by atoms with Crippen molar-refractivity contribution in [3.63, 3.8) is 0 Å². The van der Waals surface area contributed by atoms with Crippen LogP contribution in [0.2, 0.25) is 10.2 Å². The molecule has 0 saturated carbocycles. The second-order valence-electron chi connectivity index (χ2n) is 6.67. The fourth-order valence-electron chi connectivity index (χ4n) is 2.92. The average molecular weight is 498 g/mol. The van der Waals surface area contributed by atoms with Crippen LogP contribution in [0.5, 0.6) is 11.5 Å². The number of oxazole rings is 1. The van der Waals surface area contributed by atoms with E-state index in [4.69, 9.17) is 27.6 Å². The molecule has 0 bridgehead atoms. The maximum absolute atomic E-state index is 12.6. The number of nitrogens with one attached hydrogen (secondary N) is 1. The summed E-state index contributed by atoms with van der Waals surface area (Å²) in [5.74, 6) is -1.26. The zero-order chi connectivity index (χ0) is 23.8. The first-order chi connectivity index (χ1) is 15.6. The third kappa shape index (κ3) is 5.12. The summed E-state index contributed by atoms with van der Waals surface area (Å²) in [6.07, 6.45) is -4.85. The normalized spacial score (nSPS) is 11.5. The number of aromatic hydroxyl groups is 1. The van der Waals surface area contributed by atoms with E-state index in [0.29, 0.717) is 11.1 Å². The molecule has 0 atom stereocenters. The first-order valence-corrected chi connectivity index (χ1v) is 9.94. The van der Waals surface area contributed by atoms with Gasteiger partial charge in [-0.2, -0.15) is 0 Å². The molecule has 0 spiro atoms. The first kappa shape index (κ1) is 22.7. The predicted octanol–water partition coefficient (Wildman–Crippen LogP) is 5.73. The van der Waals surface area contributed by atoms with Crippen LogP contribution in [-0.4, -0.2) is 27.3 Å². The predicted molar refractivity (Wildman–Crippen MR) is 113 cm³/mol. The van der Waals surface area contributed by atoms with Crippen LogP contribution < -0.4 is 10.1 Å². The Morgan fingerprint density at radius 1 is 1.12 bits per heavy atom. The summed E-state index contributed by atoms with van der Waals surface area (Å²) in [6.45, 7) is -0.193. The van der Waals surface area contributed by atoms with Gasteiger partial charge in [-0.1, -0.05) is 41.4 Å². The quantitative estimate of drug-likeness (QED) is 0.341. The van der Waals surface area contributed by atoms with Crippen molar-refractivity contribution in [3.05, 3.63) is 69.8 Å². The lowest BCUT2D eigenvalue weighted by Crippen LogP contribution is -2.24. The fourth-order valence-corrected chi connectivity index (χ4v) is 3.35. The molecule has 0 aliphatic heterocycles. The van der Waals surface area contributed by atoms with Gasteiger partial charge in [-0.15, -0.1) is 13.2 Å². The Bertz CT molecular complexity index is 1340. The zero-order valence-corrected chi connectivity index (χ0v) is 17.8. The summed E-state index contributed by atoms with van der Waals surface area (Å²) in [7, 11) is 0. The summed E-state index contributed by atoms with van der Waals surface area (Å²) < 4.78 is 47.3. The van der Waals surface area contributed by atoms with Crippen LogP contribution in [0.3, 0.4) is 0 Å². The van der Waals surface area contributed by atoms with Crippen LogP contribution in [0, 0.1) is 0 Å². The van der Waals surface area contributed by atoms with Gasteiger partial charge in [-0.25, -0.2) is 9.97 Å². The Balaban J connectivity index is 1.53. The SMILES string of the molecule is O=C(NCc1ccccc1OC(F)(F)F)c1ccc2oc(-c3cc(Cl)c(O)c(Cl)n3)nc2c1. The van der Waals surface area contributed by atoms with Gasteiger partial charge in [0, 0.05) is 17.7 Å². The van der Waals surface area contributed by atoms with Gasteiger partial charge < -0.3 is 19.6 Å². The number of nitrogens with zero attached hydrogens (tertiary/aromatic N) is 2. The number of ether oxygens (including phenoxy) is 1. The van der Waals surface area contributed by atoms with E-state index in [0.717, 1.165) is 6.07 Å². The van der Waals surface area contributed by atoms with Crippen molar-refractivity contribution >= 4 is 40.2 Å². The monoisotopic (exact) mass is 497 g/mol. The van der Waals surface area contributed by atoms with Crippen LogP contribution in [0.25, 0.3) is 22.7 Å². The summed E-state index contributed by atoms with van der Waals surface area (Å²) >= 11 is 11.7. The van der Waals surface area contributed by atoms with E-state index in [1.54, 1.807) is 0 Å². The second kappa shape index (κ2) is 8.80. The molecule has 1 amide bonds. The number of aromatic nitrogens is 2. The largest absolute Gasteiger partial charge is 0.573 e. The van der Waals surface area contributed by atoms with Gasteiger partial charge in [0.1, 0.15) is 17.0 Å². The summed E-state index contributed by atoms with van der Waals surface area (Å²) in [6, 6.07) is 11.2. The maximum Gasteiger partial charge on any atom is 0.573 e. The molecule has 7 nitrogen and oxygen atoms in total. The van der Waals surface area contributed by atoms with E-state index < -0.39 is 18.0 Å². The van der Waals surface area contributed by atoms with Crippen molar-refractivity contribution in [2.45, 2.75) is 12.9 Å². The number of pyridine rings is 1. The van der Waals surface area contributed by atoms with E-state index in [9.17, 15) is 23.1 Å². The molecule has 4 aromatic rings. The van der Waals surface area contributed by atoms with Gasteiger partial charge in [-0.3, -0.25) is 4.79 Å². The lowest BCUT2D eigenvalue weighted by molar-refractivity contribution is -0.274. The van der Waals surface area contributed by atoms with E-state index in [-0.39, 0.29) is 45.2 Å². The number of rotatable bonds is 5. The number of carbonyl (C=O) groups is 1. The zero-order valence-electron chi connectivity index (χ0n) is 16.3. The molecule has 12 heteroatoms. The van der Waals surface area contributed by atoms with Crippen LogP contribution in [0.15, 0.2) is 52.9 Å². The van der Waals surface area contributed by atoms with Crippen LogP contribution in [-0.2, 0) is 6.54 Å². The van der Waals surface area contributed by atoms with E-state index in [1.807, 2.05) is 0 Å². The summed E-state index contributed by atoms with van der Waals surface area (Å²) in [5, 5.41) is 11.9. The maximum atomic E-state index is 12.6. The Kier molecular flexibility index (Phi) is 6.05. The van der Waals surface area contributed by atoms with E-state index in [2.05, 4.69) is 20.0 Å². The molecule has 4 rings (SSSR count). The van der Waals surface area contributed by atoms with Crippen LogP contribution in [0.1, 0.15) is 15.9 Å². The topological polar surface area (TPSA) is 97.5 Å². The van der Waals surface area contributed by atoms with Crippen molar-refractivity contribution < 1.29 is 32.2 Å². The van der Waals surface area contributed by atoms with E-state index >= 15 is 0 Å². The number of hydrogen-bond acceptors (Lipinski definition) is 6. The van der Waals surface area contributed by atoms with Crippen molar-refractivity contribution in [1.82, 2.24) is 15.3 Å². The molecular formula is C21H12Cl2F3N3O4. The number of halogens is 5. The number of carbonyl (C=O) groups excluding carboxylic acids is 1. The van der Waals surface area contributed by atoms with Crippen molar-refractivity contribution in [3.8, 4) is 23.1 Å². The molecule has 0 unspecified atom stereocenters. The molecule has 0 fully saturated rings. The Morgan fingerprint density at radius 3 is 2.61 bits per heavy atom. The number of amides is 1. The molecule has 0 aliphatic rings. The van der Waals surface area contributed by atoms with Gasteiger partial charge in [0.2, 0.25) is 5.89 Å². The second-order valence-corrected chi connectivity index (χ2v) is 7.43. The lowest BCUT2D eigenvalue weighted by Gasteiger charge is -2.13. The molecule has 2 N–H and O–H groups in total. The van der Waals surface area contributed by atoms with Crippen molar-refractivity contribution in [2.75, 3.05) is 0 Å². The van der Waals surface area contributed by atoms with Crippen LogP contribution >= 0.6 is 23.2 Å². The lowest BCUT2D eigenvalue weighted by atomic mass is 10.1. The number of para-hydroxylation sites is 1. The molecule has 0 saturated heterocycles. The first-order valence-electron chi connectivity index (χ1n) is 9.18. The van der Waals surface area contributed by atoms with Crippen molar-refractivity contribution in [2.24, 2.45) is 0 Å². The molecule has 2 aromatic heterocycles. The molecule has 0 aliphatic carbocycles. The highest BCUT2D eigenvalue weighted by Crippen LogP contribution is 2.34. The van der Waals surface area contributed by atoms with Crippen LogP contribution in [0.4, 0.5) is 13.2 Å². The minimum atomic E-state index is -4.85. The standard InChI is InChI=1S/C21H12Cl2F3N3O4/c22-12-8-14(28-18(23)17(12)30)20-29-13-7-10(5-6-16(13)32-20)19(31)27-9-11-3-1-2-4-15(11)33-21(24,25)26/h1-8,30H,9H2,(H,27,31). The van der Waals surface area contributed by atoms with Crippen molar-refractivity contribution in [1.29, 1.82) is 0 Å². The Hall–Kier alpha value is -3.50. The fraction of sp³-hybridized carbons (Fsp3) is 0.0952. The highest BCUT2D eigenvalue weighted by Gasteiger charge is 2.32. The number of hydrogen-bond donors (Lipinski definition) is 2. The highest BCUT2D eigenvalue weighted by atomic mass is 35.5. The number of alkyl halides is 3. The number of benzene rings is 2. The molecule has 2 aromatic carbocycles. The molecule has 2 heterocycles. The van der Waals surface area contributed by atoms with Gasteiger partial charge in [0.25, 0.3) is 5.91 Å². The third-order valence-electron chi connectivity index (χ3n) is 4.41. The molecule has 33 heavy (non-hydrogen) atoms. The smallest absolute Gasteiger partial charge is 0.504 e. The number of fused-ring (bicyclic) bond motifs is 1. The molecular weight excluding hydrogens is 486 g/mol. The Morgan fingerprint density at radius 2 is 1.88 bits per heavy atom. The minimum Gasteiger partial charge on any atom is -0.504 e. The Labute approximate surface area is 193 Å². The van der Waals surface area contributed by atoms with Gasteiger partial charge in [-0.05, 0) is 30.3 Å². The molecule has 170 valence electrons. The van der Waals surface area contributed by atoms with E-state index in [1.165, 1.54) is 42.5 Å². The average Bonchev–Trinajstić information content (AvgIpc) is 3.18. The minimum absolute atomic E-state index is 0.0397. The van der Waals surface area contributed by atoms with Gasteiger partial charge in [0.05, 0.1) is 5.02 Å². The van der Waals surface area contributed by atoms with Gasteiger partial charge >= 0.3 is 6.36 Å². The summed E-state index contributed by atoms with van der Waals surface area (Å²) in [5.41, 5.74) is 1.19.